The number of aromatic nitrogens is 2. The van der Waals surface area contributed by atoms with Crippen LogP contribution in [0.2, 0.25) is 0 Å². The van der Waals surface area contributed by atoms with Crippen LogP contribution in [0.5, 0.6) is 0 Å². The average molecular weight is 391 g/mol. The number of anilines is 1. The maximum Gasteiger partial charge on any atom is 0.279 e. The zero-order valence-corrected chi connectivity index (χ0v) is 16.7. The third-order valence-electron chi connectivity index (χ3n) is 5.61. The van der Waals surface area contributed by atoms with Crippen molar-refractivity contribution in [1.82, 2.24) is 9.55 Å². The molecule has 0 radical (unpaired) electrons. The molecule has 30 heavy (non-hydrogen) atoms. The lowest BCUT2D eigenvalue weighted by Crippen LogP contribution is -2.22. The quantitative estimate of drug-likeness (QED) is 0.470. The van der Waals surface area contributed by atoms with Crippen LogP contribution < -0.4 is 11.3 Å². The number of hydrogen-bond donors (Lipinski definition) is 1. The van der Waals surface area contributed by atoms with Crippen molar-refractivity contribution in [2.24, 2.45) is 0 Å². The lowest BCUT2D eigenvalue weighted by molar-refractivity contribution is 1.01. The first-order valence-corrected chi connectivity index (χ1v) is 9.94. The van der Waals surface area contributed by atoms with E-state index in [0.29, 0.717) is 5.65 Å². The van der Waals surface area contributed by atoms with Gasteiger partial charge in [-0.25, -0.2) is 4.98 Å². The van der Waals surface area contributed by atoms with Crippen LogP contribution in [0.4, 0.5) is 5.69 Å². The number of aryl methyl sites for hydroxylation is 1. The fraction of sp³-hybridized carbons (Fsp3) is 0.0769. The molecule has 0 atom stereocenters. The number of nitrogens with two attached hydrogens (primary N) is 1. The molecule has 3 aromatic carbocycles. The summed E-state index contributed by atoms with van der Waals surface area (Å²) in [5, 5.41) is 3.33. The molecular formula is C26H21N3O. The van der Waals surface area contributed by atoms with Gasteiger partial charge in [-0.2, -0.15) is 0 Å². The number of fused-ring (bicyclic) bond motifs is 2. The summed E-state index contributed by atoms with van der Waals surface area (Å²) in [6.07, 6.45) is 2.47. The predicted octanol–water partition coefficient (Wildman–Crippen LogP) is 5.02. The molecule has 146 valence electrons. The zero-order valence-electron chi connectivity index (χ0n) is 16.7. The van der Waals surface area contributed by atoms with E-state index in [9.17, 15) is 4.79 Å². The molecule has 0 aliphatic heterocycles. The topological polar surface area (TPSA) is 60.9 Å². The van der Waals surface area contributed by atoms with Crippen molar-refractivity contribution in [3.05, 3.63) is 112 Å². The summed E-state index contributed by atoms with van der Waals surface area (Å²) in [6, 6.07) is 26.3. The highest BCUT2D eigenvalue weighted by molar-refractivity contribution is 5.87. The number of pyridine rings is 2. The van der Waals surface area contributed by atoms with Crippen molar-refractivity contribution in [3.63, 3.8) is 0 Å². The van der Waals surface area contributed by atoms with E-state index >= 15 is 0 Å². The zero-order chi connectivity index (χ0) is 20.7. The highest BCUT2D eigenvalue weighted by Gasteiger charge is 2.12. The first-order chi connectivity index (χ1) is 14.6. The lowest BCUT2D eigenvalue weighted by atomic mass is 9.94. The Labute approximate surface area is 174 Å². The standard InChI is InChI=1S/C26H21N3O/c1-17-11-12-19-7-2-3-10-22(19)23(17)15-18-6-4-9-21(14-18)29-25-20(8-5-13-28-25)16-24(27)26(29)30/h2-14,16H,15,27H2,1H3. The summed E-state index contributed by atoms with van der Waals surface area (Å²) in [6.45, 7) is 2.14. The molecule has 2 heterocycles. The van der Waals surface area contributed by atoms with E-state index in [-0.39, 0.29) is 11.2 Å². The summed E-state index contributed by atoms with van der Waals surface area (Å²) >= 11 is 0. The van der Waals surface area contributed by atoms with Crippen molar-refractivity contribution in [3.8, 4) is 5.69 Å². The van der Waals surface area contributed by atoms with Gasteiger partial charge >= 0.3 is 0 Å². The molecule has 0 aliphatic rings. The molecule has 0 fully saturated rings. The van der Waals surface area contributed by atoms with Gasteiger partial charge in [0.25, 0.3) is 5.56 Å². The molecule has 4 heteroatoms. The minimum absolute atomic E-state index is 0.214. The number of nitrogens with zero attached hydrogens (tertiary/aromatic N) is 2. The van der Waals surface area contributed by atoms with Gasteiger partial charge in [-0.1, -0.05) is 48.5 Å². The van der Waals surface area contributed by atoms with Gasteiger partial charge in [0.05, 0.1) is 11.4 Å². The van der Waals surface area contributed by atoms with Crippen molar-refractivity contribution in [1.29, 1.82) is 0 Å². The van der Waals surface area contributed by atoms with Gasteiger partial charge in [-0.3, -0.25) is 9.36 Å². The molecule has 0 bridgehead atoms. The van der Waals surface area contributed by atoms with E-state index in [1.165, 1.54) is 21.9 Å². The molecule has 2 aromatic heterocycles. The Hall–Kier alpha value is -3.92. The Balaban J connectivity index is 1.66. The van der Waals surface area contributed by atoms with E-state index in [1.807, 2.05) is 24.3 Å². The molecule has 5 aromatic rings. The third-order valence-corrected chi connectivity index (χ3v) is 5.61. The molecule has 0 saturated heterocycles. The SMILES string of the molecule is Cc1ccc2ccccc2c1Cc1cccc(-n2c(=O)c(N)cc3cccnc32)c1. The third kappa shape index (κ3) is 3.03. The Morgan fingerprint density at radius 1 is 0.900 bits per heavy atom. The molecule has 0 amide bonds. The van der Waals surface area contributed by atoms with Crippen LogP contribution in [0.1, 0.15) is 16.7 Å². The van der Waals surface area contributed by atoms with Crippen LogP contribution in [0.3, 0.4) is 0 Å². The molecule has 0 unspecified atom stereocenters. The monoisotopic (exact) mass is 391 g/mol. The Bertz CT molecular complexity index is 1470. The maximum absolute atomic E-state index is 12.9. The van der Waals surface area contributed by atoms with Gasteiger partial charge in [0.1, 0.15) is 5.65 Å². The molecule has 4 nitrogen and oxygen atoms in total. The molecule has 0 saturated carbocycles. The Morgan fingerprint density at radius 3 is 2.63 bits per heavy atom. The minimum Gasteiger partial charge on any atom is -0.394 e. The number of benzene rings is 3. The van der Waals surface area contributed by atoms with Crippen LogP contribution in [0.15, 0.2) is 89.9 Å². The Kier molecular flexibility index (Phi) is 4.32. The van der Waals surface area contributed by atoms with Crippen LogP contribution >= 0.6 is 0 Å². The molecule has 5 rings (SSSR count). The number of rotatable bonds is 3. The van der Waals surface area contributed by atoms with Gasteiger partial charge < -0.3 is 5.73 Å². The van der Waals surface area contributed by atoms with E-state index in [2.05, 4.69) is 60.4 Å². The second-order valence-electron chi connectivity index (χ2n) is 7.59. The summed E-state index contributed by atoms with van der Waals surface area (Å²) in [7, 11) is 0. The van der Waals surface area contributed by atoms with Gasteiger partial charge in [0.2, 0.25) is 0 Å². The molecule has 2 N–H and O–H groups in total. The van der Waals surface area contributed by atoms with Gasteiger partial charge in [-0.15, -0.1) is 0 Å². The lowest BCUT2D eigenvalue weighted by Gasteiger charge is -2.14. The summed E-state index contributed by atoms with van der Waals surface area (Å²) in [5.74, 6) is 0. The minimum atomic E-state index is -0.250. The summed E-state index contributed by atoms with van der Waals surface area (Å²) < 4.78 is 1.60. The first kappa shape index (κ1) is 18.1. The van der Waals surface area contributed by atoms with Crippen molar-refractivity contribution in [2.45, 2.75) is 13.3 Å². The van der Waals surface area contributed by atoms with E-state index < -0.39 is 0 Å². The summed E-state index contributed by atoms with van der Waals surface area (Å²) in [5.41, 5.74) is 11.0. The van der Waals surface area contributed by atoms with Crippen LogP contribution in [0, 0.1) is 6.92 Å². The maximum atomic E-state index is 12.9. The van der Waals surface area contributed by atoms with Crippen LogP contribution in [-0.2, 0) is 6.42 Å². The average Bonchev–Trinajstić information content (AvgIpc) is 2.77. The predicted molar refractivity (Wildman–Crippen MR) is 123 cm³/mol. The largest absolute Gasteiger partial charge is 0.394 e. The Morgan fingerprint density at radius 2 is 1.73 bits per heavy atom. The van der Waals surface area contributed by atoms with Gasteiger partial charge in [0, 0.05) is 11.6 Å². The molecule has 0 spiro atoms. The molecular weight excluding hydrogens is 370 g/mol. The smallest absolute Gasteiger partial charge is 0.279 e. The van der Waals surface area contributed by atoms with E-state index in [4.69, 9.17) is 5.73 Å². The normalized spacial score (nSPS) is 11.2. The van der Waals surface area contributed by atoms with E-state index in [1.54, 1.807) is 16.8 Å². The van der Waals surface area contributed by atoms with Crippen LogP contribution in [0.25, 0.3) is 27.5 Å². The second kappa shape index (κ2) is 7.16. The van der Waals surface area contributed by atoms with Crippen molar-refractivity contribution >= 4 is 27.5 Å². The van der Waals surface area contributed by atoms with Crippen LogP contribution in [-0.4, -0.2) is 9.55 Å². The fourth-order valence-corrected chi connectivity index (χ4v) is 4.09. The summed E-state index contributed by atoms with van der Waals surface area (Å²) in [4.78, 5) is 17.3. The highest BCUT2D eigenvalue weighted by atomic mass is 16.1. The number of nitrogen functional groups attached to an aromatic ring is 1. The second-order valence-corrected chi connectivity index (χ2v) is 7.59. The van der Waals surface area contributed by atoms with E-state index in [0.717, 1.165) is 23.1 Å². The van der Waals surface area contributed by atoms with Crippen molar-refractivity contribution < 1.29 is 0 Å². The fourth-order valence-electron chi connectivity index (χ4n) is 4.09. The molecule has 0 aliphatic carbocycles. The first-order valence-electron chi connectivity index (χ1n) is 9.94. The highest BCUT2D eigenvalue weighted by Crippen LogP contribution is 2.26. The van der Waals surface area contributed by atoms with Gasteiger partial charge in [0.15, 0.2) is 0 Å². The van der Waals surface area contributed by atoms with Crippen molar-refractivity contribution in [2.75, 3.05) is 5.73 Å². The number of hydrogen-bond acceptors (Lipinski definition) is 3. The van der Waals surface area contributed by atoms with Gasteiger partial charge in [-0.05, 0) is 71.1 Å².